The number of anilines is 3. The molecule has 1 fully saturated rings. The minimum Gasteiger partial charge on any atom is -0.324 e. The number of sulfonamides is 1. The minimum absolute atomic E-state index is 0.0698. The van der Waals surface area contributed by atoms with Crippen LogP contribution in [0.25, 0.3) is 0 Å². The van der Waals surface area contributed by atoms with E-state index < -0.39 is 15.9 Å². The Hall–Kier alpha value is -2.87. The first-order chi connectivity index (χ1) is 14.2. The van der Waals surface area contributed by atoms with Gasteiger partial charge in [0.1, 0.15) is 6.54 Å². The molecule has 0 spiro atoms. The summed E-state index contributed by atoms with van der Waals surface area (Å²) in [5, 5.41) is 2.76. The standard InChI is InChI=1S/C22H27N3O4S/c1-4-17-8-11-19(12-9-17)25(30(3,28)29)15-21(26)23-18-10-7-16(2)20(14-18)24-13-5-6-22(24)27/h7-12,14H,4-6,13,15H2,1-3H3,(H,23,26). The fraction of sp³-hybridized carbons (Fsp3) is 0.364. The number of benzene rings is 2. The van der Waals surface area contributed by atoms with Gasteiger partial charge < -0.3 is 10.2 Å². The molecule has 1 aliphatic rings. The molecule has 2 aromatic rings. The largest absolute Gasteiger partial charge is 0.324 e. The van der Waals surface area contributed by atoms with Gasteiger partial charge in [0, 0.05) is 24.3 Å². The summed E-state index contributed by atoms with van der Waals surface area (Å²) in [5.41, 5.74) is 3.76. The fourth-order valence-electron chi connectivity index (χ4n) is 3.51. The Morgan fingerprint density at radius 3 is 2.43 bits per heavy atom. The number of nitrogens with zero attached hydrogens (tertiary/aromatic N) is 2. The van der Waals surface area contributed by atoms with E-state index in [-0.39, 0.29) is 12.5 Å². The highest BCUT2D eigenvalue weighted by Crippen LogP contribution is 2.28. The molecule has 160 valence electrons. The molecule has 0 atom stereocenters. The highest BCUT2D eigenvalue weighted by Gasteiger charge is 2.24. The molecule has 0 unspecified atom stereocenters. The second-order valence-corrected chi connectivity index (χ2v) is 9.39. The molecule has 1 aliphatic heterocycles. The lowest BCUT2D eigenvalue weighted by atomic mass is 10.1. The van der Waals surface area contributed by atoms with Gasteiger partial charge >= 0.3 is 0 Å². The number of amides is 2. The van der Waals surface area contributed by atoms with Crippen LogP contribution in [0.15, 0.2) is 42.5 Å². The summed E-state index contributed by atoms with van der Waals surface area (Å²) >= 11 is 0. The van der Waals surface area contributed by atoms with Crippen LogP contribution < -0.4 is 14.5 Å². The lowest BCUT2D eigenvalue weighted by Gasteiger charge is -2.23. The maximum Gasteiger partial charge on any atom is 0.245 e. The fourth-order valence-corrected chi connectivity index (χ4v) is 4.37. The van der Waals surface area contributed by atoms with E-state index in [1.165, 1.54) is 0 Å². The van der Waals surface area contributed by atoms with Crippen molar-refractivity contribution in [3.63, 3.8) is 0 Å². The summed E-state index contributed by atoms with van der Waals surface area (Å²) in [5.74, 6) is -0.386. The van der Waals surface area contributed by atoms with Crippen LogP contribution in [-0.2, 0) is 26.0 Å². The Balaban J connectivity index is 1.78. The molecule has 0 saturated carbocycles. The van der Waals surface area contributed by atoms with Crippen LogP contribution in [-0.4, -0.2) is 39.6 Å². The molecular formula is C22H27N3O4S. The minimum atomic E-state index is -3.64. The Kier molecular flexibility index (Phi) is 6.45. The van der Waals surface area contributed by atoms with Gasteiger partial charge in [0.15, 0.2) is 0 Å². The van der Waals surface area contributed by atoms with Gasteiger partial charge in [-0.3, -0.25) is 13.9 Å². The number of hydrogen-bond donors (Lipinski definition) is 1. The first-order valence-corrected chi connectivity index (χ1v) is 11.8. The quantitative estimate of drug-likeness (QED) is 0.733. The molecule has 1 saturated heterocycles. The maximum atomic E-state index is 12.7. The van der Waals surface area contributed by atoms with Crippen molar-refractivity contribution in [2.75, 3.05) is 33.9 Å². The summed E-state index contributed by atoms with van der Waals surface area (Å²) in [6.07, 6.45) is 3.26. The van der Waals surface area contributed by atoms with Gasteiger partial charge in [-0.2, -0.15) is 0 Å². The lowest BCUT2D eigenvalue weighted by molar-refractivity contribution is -0.117. The van der Waals surface area contributed by atoms with Gasteiger partial charge in [0.05, 0.1) is 11.9 Å². The summed E-state index contributed by atoms with van der Waals surface area (Å²) in [7, 11) is -3.64. The lowest BCUT2D eigenvalue weighted by Crippen LogP contribution is -2.37. The highest BCUT2D eigenvalue weighted by molar-refractivity contribution is 7.92. The first kappa shape index (κ1) is 21.8. The number of nitrogens with one attached hydrogen (secondary N) is 1. The average molecular weight is 430 g/mol. The zero-order chi connectivity index (χ0) is 21.9. The molecule has 1 heterocycles. The number of rotatable bonds is 7. The molecule has 8 heteroatoms. The average Bonchev–Trinajstić information content (AvgIpc) is 3.12. The molecule has 1 N–H and O–H groups in total. The zero-order valence-corrected chi connectivity index (χ0v) is 18.3. The third-order valence-electron chi connectivity index (χ3n) is 5.18. The van der Waals surface area contributed by atoms with Crippen molar-refractivity contribution in [2.24, 2.45) is 0 Å². The second kappa shape index (κ2) is 8.87. The molecule has 30 heavy (non-hydrogen) atoms. The number of carbonyl (C=O) groups excluding carboxylic acids is 2. The third-order valence-corrected chi connectivity index (χ3v) is 6.32. The van der Waals surface area contributed by atoms with Crippen molar-refractivity contribution in [2.45, 2.75) is 33.1 Å². The SMILES string of the molecule is CCc1ccc(N(CC(=O)Nc2ccc(C)c(N3CCCC3=O)c2)S(C)(=O)=O)cc1. The van der Waals surface area contributed by atoms with E-state index in [1.54, 1.807) is 29.2 Å². The molecule has 0 bridgehead atoms. The van der Waals surface area contributed by atoms with Gasteiger partial charge in [-0.15, -0.1) is 0 Å². The number of aryl methyl sites for hydroxylation is 2. The predicted molar refractivity (Wildman–Crippen MR) is 119 cm³/mol. The molecular weight excluding hydrogens is 402 g/mol. The van der Waals surface area contributed by atoms with Gasteiger partial charge in [-0.05, 0) is 55.2 Å². The normalized spacial score (nSPS) is 14.1. The van der Waals surface area contributed by atoms with E-state index in [0.29, 0.717) is 24.3 Å². The van der Waals surface area contributed by atoms with Gasteiger partial charge in [-0.25, -0.2) is 8.42 Å². The summed E-state index contributed by atoms with van der Waals surface area (Å²) in [6.45, 7) is 4.25. The van der Waals surface area contributed by atoms with Crippen molar-refractivity contribution in [3.05, 3.63) is 53.6 Å². The van der Waals surface area contributed by atoms with Crippen molar-refractivity contribution in [1.29, 1.82) is 0 Å². The number of carbonyl (C=O) groups is 2. The monoisotopic (exact) mass is 429 g/mol. The van der Waals surface area contributed by atoms with Crippen LogP contribution >= 0.6 is 0 Å². The van der Waals surface area contributed by atoms with Crippen LogP contribution in [0, 0.1) is 6.92 Å². The van der Waals surface area contributed by atoms with Crippen LogP contribution in [0.1, 0.15) is 30.9 Å². The summed E-state index contributed by atoms with van der Waals surface area (Å²) < 4.78 is 25.7. The highest BCUT2D eigenvalue weighted by atomic mass is 32.2. The van der Waals surface area contributed by atoms with E-state index in [1.807, 2.05) is 32.0 Å². The van der Waals surface area contributed by atoms with Gasteiger partial charge in [0.2, 0.25) is 21.8 Å². The van der Waals surface area contributed by atoms with Crippen molar-refractivity contribution < 1.29 is 18.0 Å². The number of hydrogen-bond acceptors (Lipinski definition) is 4. The van der Waals surface area contributed by atoms with E-state index in [0.717, 1.165) is 40.2 Å². The van der Waals surface area contributed by atoms with Crippen LogP contribution in [0.2, 0.25) is 0 Å². The molecule has 2 aromatic carbocycles. The molecule has 3 rings (SSSR count). The van der Waals surface area contributed by atoms with Gasteiger partial charge in [0.25, 0.3) is 0 Å². The Morgan fingerprint density at radius 1 is 1.17 bits per heavy atom. The van der Waals surface area contributed by atoms with Crippen LogP contribution in [0.3, 0.4) is 0 Å². The van der Waals surface area contributed by atoms with Crippen molar-refractivity contribution in [3.8, 4) is 0 Å². The van der Waals surface area contributed by atoms with E-state index in [2.05, 4.69) is 5.32 Å². The van der Waals surface area contributed by atoms with Crippen molar-refractivity contribution in [1.82, 2.24) is 0 Å². The second-order valence-electron chi connectivity index (χ2n) is 7.49. The van der Waals surface area contributed by atoms with E-state index in [9.17, 15) is 18.0 Å². The molecule has 2 amide bonds. The van der Waals surface area contributed by atoms with Crippen LogP contribution in [0.5, 0.6) is 0 Å². The Labute approximate surface area is 177 Å². The molecule has 7 nitrogen and oxygen atoms in total. The van der Waals surface area contributed by atoms with E-state index in [4.69, 9.17) is 0 Å². The van der Waals surface area contributed by atoms with E-state index >= 15 is 0 Å². The molecule has 0 aliphatic carbocycles. The predicted octanol–water partition coefficient (Wildman–Crippen LogP) is 3.09. The Bertz CT molecular complexity index is 1050. The Morgan fingerprint density at radius 2 is 1.87 bits per heavy atom. The topological polar surface area (TPSA) is 86.8 Å². The summed E-state index contributed by atoms with van der Waals surface area (Å²) in [6, 6.07) is 12.5. The van der Waals surface area contributed by atoms with Crippen LogP contribution in [0.4, 0.5) is 17.1 Å². The first-order valence-electron chi connectivity index (χ1n) is 9.96. The molecule has 0 aromatic heterocycles. The zero-order valence-electron chi connectivity index (χ0n) is 17.5. The van der Waals surface area contributed by atoms with Gasteiger partial charge in [-0.1, -0.05) is 25.1 Å². The maximum absolute atomic E-state index is 12.7. The smallest absolute Gasteiger partial charge is 0.245 e. The third kappa shape index (κ3) is 4.99. The van der Waals surface area contributed by atoms with Crippen molar-refractivity contribution >= 4 is 38.9 Å². The molecule has 0 radical (unpaired) electrons. The summed E-state index contributed by atoms with van der Waals surface area (Å²) in [4.78, 5) is 26.5.